The van der Waals surface area contributed by atoms with Crippen LogP contribution in [0.5, 0.6) is 0 Å². The Morgan fingerprint density at radius 3 is 2.92 bits per heavy atom. The molecule has 1 aromatic carbocycles. The molecular weight excluding hydrogens is 370 g/mol. The van der Waals surface area contributed by atoms with Crippen molar-refractivity contribution in [2.24, 2.45) is 0 Å². The van der Waals surface area contributed by atoms with Crippen LogP contribution in [0.15, 0.2) is 51.0 Å². The predicted molar refractivity (Wildman–Crippen MR) is 104 cm³/mol. The minimum Gasteiger partial charge on any atom is -0.408 e. The van der Waals surface area contributed by atoms with Gasteiger partial charge < -0.3 is 9.73 Å². The quantitative estimate of drug-likeness (QED) is 0.561. The third-order valence-corrected chi connectivity index (χ3v) is 5.66. The van der Waals surface area contributed by atoms with Gasteiger partial charge in [0.15, 0.2) is 10.7 Å². The van der Waals surface area contributed by atoms with Crippen molar-refractivity contribution in [1.29, 1.82) is 0 Å². The number of anilines is 1. The van der Waals surface area contributed by atoms with Gasteiger partial charge in [-0.1, -0.05) is 12.1 Å². The molecule has 0 aliphatic rings. The van der Waals surface area contributed by atoms with E-state index in [1.54, 1.807) is 29.5 Å². The number of hydrogen-bond donors (Lipinski definition) is 1. The molecule has 0 saturated heterocycles. The van der Waals surface area contributed by atoms with E-state index in [2.05, 4.69) is 10.3 Å². The zero-order valence-electron chi connectivity index (χ0n) is 13.9. The van der Waals surface area contributed by atoms with E-state index in [-0.39, 0.29) is 18.9 Å². The van der Waals surface area contributed by atoms with Crippen LogP contribution in [0.3, 0.4) is 0 Å². The maximum atomic E-state index is 12.2. The van der Waals surface area contributed by atoms with Crippen molar-refractivity contribution in [2.45, 2.75) is 19.9 Å². The molecule has 0 aliphatic heterocycles. The SMILES string of the molecule is Cc1ccc(-c2csc(NC(=O)CCn3c(=O)oc4ccccc43)n2)s1. The molecule has 0 atom stereocenters. The lowest BCUT2D eigenvalue weighted by molar-refractivity contribution is -0.116. The molecule has 8 heteroatoms. The highest BCUT2D eigenvalue weighted by molar-refractivity contribution is 7.17. The summed E-state index contributed by atoms with van der Waals surface area (Å²) >= 11 is 3.05. The standard InChI is InChI=1S/C18H15N3O3S2/c1-11-6-7-15(26-11)12-10-25-17(19-12)20-16(22)8-9-21-13-4-2-3-5-14(13)24-18(21)23/h2-7,10H,8-9H2,1H3,(H,19,20,22). The number of carbonyl (C=O) groups is 1. The molecule has 0 spiro atoms. The first kappa shape index (κ1) is 16.7. The molecule has 26 heavy (non-hydrogen) atoms. The molecule has 0 bridgehead atoms. The van der Waals surface area contributed by atoms with Gasteiger partial charge in [0.05, 0.1) is 16.1 Å². The Morgan fingerprint density at radius 1 is 1.27 bits per heavy atom. The van der Waals surface area contributed by atoms with Crippen LogP contribution in [-0.2, 0) is 11.3 Å². The Hall–Kier alpha value is -2.71. The lowest BCUT2D eigenvalue weighted by Gasteiger charge is -2.03. The fourth-order valence-electron chi connectivity index (χ4n) is 2.64. The number of aryl methyl sites for hydroxylation is 2. The summed E-state index contributed by atoms with van der Waals surface area (Å²) in [6, 6.07) is 11.2. The number of carbonyl (C=O) groups excluding carboxylic acids is 1. The number of benzene rings is 1. The molecule has 4 rings (SSSR count). The number of para-hydroxylation sites is 2. The molecule has 0 radical (unpaired) electrons. The predicted octanol–water partition coefficient (Wildman–Crippen LogP) is 4.12. The Bertz CT molecular complexity index is 1140. The van der Waals surface area contributed by atoms with Gasteiger partial charge in [0.2, 0.25) is 5.91 Å². The lowest BCUT2D eigenvalue weighted by Crippen LogP contribution is -2.19. The summed E-state index contributed by atoms with van der Waals surface area (Å²) in [4.78, 5) is 30.9. The van der Waals surface area contributed by atoms with Crippen LogP contribution >= 0.6 is 22.7 Å². The van der Waals surface area contributed by atoms with E-state index in [0.717, 1.165) is 10.6 Å². The van der Waals surface area contributed by atoms with Crippen LogP contribution in [0.2, 0.25) is 0 Å². The van der Waals surface area contributed by atoms with E-state index >= 15 is 0 Å². The molecule has 1 amide bonds. The van der Waals surface area contributed by atoms with Gasteiger partial charge in [0.1, 0.15) is 0 Å². The van der Waals surface area contributed by atoms with Crippen LogP contribution in [0.1, 0.15) is 11.3 Å². The molecule has 0 aliphatic carbocycles. The Morgan fingerprint density at radius 2 is 2.12 bits per heavy atom. The Labute approximate surface area is 156 Å². The van der Waals surface area contributed by atoms with E-state index in [9.17, 15) is 9.59 Å². The number of thiophene rings is 1. The molecule has 1 N–H and O–H groups in total. The summed E-state index contributed by atoms with van der Waals surface area (Å²) in [5.41, 5.74) is 2.07. The van der Waals surface area contributed by atoms with Crippen LogP contribution in [0.25, 0.3) is 21.7 Å². The summed E-state index contributed by atoms with van der Waals surface area (Å²) in [5, 5.41) is 5.28. The lowest BCUT2D eigenvalue weighted by atomic mass is 10.3. The molecule has 0 unspecified atom stereocenters. The Kier molecular flexibility index (Phi) is 4.44. The van der Waals surface area contributed by atoms with E-state index in [0.29, 0.717) is 16.2 Å². The molecule has 0 saturated carbocycles. The molecule has 0 fully saturated rings. The van der Waals surface area contributed by atoms with Crippen molar-refractivity contribution in [3.05, 3.63) is 57.2 Å². The molecule has 6 nitrogen and oxygen atoms in total. The van der Waals surface area contributed by atoms with Gasteiger partial charge in [-0.2, -0.15) is 0 Å². The van der Waals surface area contributed by atoms with Gasteiger partial charge >= 0.3 is 5.76 Å². The molecule has 3 heterocycles. The first-order valence-electron chi connectivity index (χ1n) is 8.01. The smallest absolute Gasteiger partial charge is 0.408 e. The van der Waals surface area contributed by atoms with E-state index in [1.807, 2.05) is 30.5 Å². The fraction of sp³-hybridized carbons (Fsp3) is 0.167. The van der Waals surface area contributed by atoms with Crippen molar-refractivity contribution in [3.63, 3.8) is 0 Å². The highest BCUT2D eigenvalue weighted by atomic mass is 32.1. The number of thiazole rings is 1. The Balaban J connectivity index is 1.42. The van der Waals surface area contributed by atoms with Gasteiger partial charge in [0, 0.05) is 23.2 Å². The van der Waals surface area contributed by atoms with Crippen molar-refractivity contribution >= 4 is 44.8 Å². The number of nitrogens with one attached hydrogen (secondary N) is 1. The average molecular weight is 385 g/mol. The van der Waals surface area contributed by atoms with Crippen molar-refractivity contribution in [2.75, 3.05) is 5.32 Å². The third-order valence-electron chi connectivity index (χ3n) is 3.88. The van der Waals surface area contributed by atoms with Gasteiger partial charge in [0.25, 0.3) is 0 Å². The van der Waals surface area contributed by atoms with Crippen molar-refractivity contribution in [1.82, 2.24) is 9.55 Å². The van der Waals surface area contributed by atoms with Gasteiger partial charge in [-0.25, -0.2) is 9.78 Å². The van der Waals surface area contributed by atoms with E-state index < -0.39 is 5.76 Å². The number of nitrogens with zero attached hydrogens (tertiary/aromatic N) is 2. The van der Waals surface area contributed by atoms with Crippen LogP contribution in [-0.4, -0.2) is 15.5 Å². The second kappa shape index (κ2) is 6.89. The number of amides is 1. The number of fused-ring (bicyclic) bond motifs is 1. The minimum atomic E-state index is -0.455. The zero-order chi connectivity index (χ0) is 18.1. The minimum absolute atomic E-state index is 0.163. The van der Waals surface area contributed by atoms with Crippen LogP contribution in [0, 0.1) is 6.92 Å². The largest absolute Gasteiger partial charge is 0.419 e. The van der Waals surface area contributed by atoms with Crippen LogP contribution < -0.4 is 11.1 Å². The van der Waals surface area contributed by atoms with Crippen molar-refractivity contribution < 1.29 is 9.21 Å². The number of oxazole rings is 1. The molecule has 4 aromatic rings. The highest BCUT2D eigenvalue weighted by Gasteiger charge is 2.12. The fourth-order valence-corrected chi connectivity index (χ4v) is 4.27. The maximum Gasteiger partial charge on any atom is 0.419 e. The van der Waals surface area contributed by atoms with Gasteiger partial charge in [-0.3, -0.25) is 9.36 Å². The van der Waals surface area contributed by atoms with Gasteiger partial charge in [-0.05, 0) is 31.2 Å². The summed E-state index contributed by atoms with van der Waals surface area (Å²) < 4.78 is 6.64. The first-order valence-corrected chi connectivity index (χ1v) is 9.70. The average Bonchev–Trinajstić information content (AvgIpc) is 3.31. The number of aromatic nitrogens is 2. The summed E-state index contributed by atoms with van der Waals surface area (Å²) in [5.74, 6) is -0.644. The third kappa shape index (κ3) is 3.33. The monoisotopic (exact) mass is 385 g/mol. The van der Waals surface area contributed by atoms with Crippen molar-refractivity contribution in [3.8, 4) is 10.6 Å². The molecule has 132 valence electrons. The normalized spacial score (nSPS) is 11.1. The zero-order valence-corrected chi connectivity index (χ0v) is 15.5. The number of rotatable bonds is 5. The summed E-state index contributed by atoms with van der Waals surface area (Å²) in [6.07, 6.45) is 0.163. The number of hydrogen-bond acceptors (Lipinski definition) is 6. The van der Waals surface area contributed by atoms with Crippen LogP contribution in [0.4, 0.5) is 5.13 Å². The molecule has 3 aromatic heterocycles. The summed E-state index contributed by atoms with van der Waals surface area (Å²) in [6.45, 7) is 2.30. The van der Waals surface area contributed by atoms with Gasteiger partial charge in [-0.15, -0.1) is 22.7 Å². The van der Waals surface area contributed by atoms with E-state index in [4.69, 9.17) is 4.42 Å². The first-order chi connectivity index (χ1) is 12.6. The molecular formula is C18H15N3O3S2. The second-order valence-corrected chi connectivity index (χ2v) is 7.88. The summed E-state index contributed by atoms with van der Waals surface area (Å²) in [7, 11) is 0. The highest BCUT2D eigenvalue weighted by Crippen LogP contribution is 2.30. The van der Waals surface area contributed by atoms with E-state index in [1.165, 1.54) is 20.8 Å². The maximum absolute atomic E-state index is 12.2. The second-order valence-electron chi connectivity index (χ2n) is 5.73. The topological polar surface area (TPSA) is 77.1 Å².